The van der Waals surface area contributed by atoms with Crippen LogP contribution in [0.4, 0.5) is 10.5 Å². The van der Waals surface area contributed by atoms with Crippen molar-refractivity contribution in [3.05, 3.63) is 24.3 Å². The molecule has 23 heavy (non-hydrogen) atoms. The molecule has 0 radical (unpaired) electrons. The van der Waals surface area contributed by atoms with Crippen molar-refractivity contribution < 1.29 is 14.3 Å². The molecule has 1 aliphatic rings. The molecule has 0 aromatic heterocycles. The zero-order valence-corrected chi connectivity index (χ0v) is 14.0. The molecule has 0 aliphatic carbocycles. The Morgan fingerprint density at radius 2 is 2.13 bits per heavy atom. The second kappa shape index (κ2) is 7.85. The largest absolute Gasteiger partial charge is 0.497 e. The number of amides is 3. The molecule has 1 fully saturated rings. The summed E-state index contributed by atoms with van der Waals surface area (Å²) < 4.78 is 5.16. The van der Waals surface area contributed by atoms with Crippen LogP contribution < -0.4 is 15.4 Å². The fraction of sp³-hybridized carbons (Fsp3) is 0.529. The zero-order valence-electron chi connectivity index (χ0n) is 14.0. The average Bonchev–Trinajstić information content (AvgIpc) is 2.90. The fourth-order valence-corrected chi connectivity index (χ4v) is 3.03. The highest BCUT2D eigenvalue weighted by atomic mass is 16.5. The molecule has 1 aromatic rings. The normalized spacial score (nSPS) is 20.2. The van der Waals surface area contributed by atoms with Crippen molar-refractivity contribution in [2.75, 3.05) is 25.5 Å². The Kier molecular flexibility index (Phi) is 5.84. The van der Waals surface area contributed by atoms with Crippen LogP contribution in [-0.4, -0.2) is 43.1 Å². The van der Waals surface area contributed by atoms with E-state index < -0.39 is 0 Å². The molecule has 2 atom stereocenters. The van der Waals surface area contributed by atoms with E-state index in [1.807, 2.05) is 18.2 Å². The third kappa shape index (κ3) is 4.61. The first-order chi connectivity index (χ1) is 11.0. The molecule has 6 heteroatoms. The molecule has 0 bridgehead atoms. The van der Waals surface area contributed by atoms with E-state index in [0.717, 1.165) is 12.8 Å². The zero-order chi connectivity index (χ0) is 16.8. The second-order valence-electron chi connectivity index (χ2n) is 5.92. The number of carbonyl (C=O) groups is 2. The van der Waals surface area contributed by atoms with E-state index in [9.17, 15) is 9.59 Å². The molecule has 126 valence electrons. The molecule has 0 unspecified atom stereocenters. The maximum Gasteiger partial charge on any atom is 0.321 e. The molecule has 1 heterocycles. The second-order valence-corrected chi connectivity index (χ2v) is 5.92. The third-order valence-electron chi connectivity index (χ3n) is 4.10. The van der Waals surface area contributed by atoms with E-state index in [1.165, 1.54) is 6.92 Å². The summed E-state index contributed by atoms with van der Waals surface area (Å²) in [5, 5.41) is 5.85. The molecule has 6 nitrogen and oxygen atoms in total. The Morgan fingerprint density at radius 3 is 2.78 bits per heavy atom. The minimum Gasteiger partial charge on any atom is -0.497 e. The van der Waals surface area contributed by atoms with Gasteiger partial charge in [-0.15, -0.1) is 0 Å². The van der Waals surface area contributed by atoms with Crippen LogP contribution in [0, 0.1) is 5.92 Å². The van der Waals surface area contributed by atoms with Crippen molar-refractivity contribution in [3.63, 3.8) is 0 Å². The van der Waals surface area contributed by atoms with Gasteiger partial charge < -0.3 is 20.3 Å². The Hall–Kier alpha value is -2.24. The van der Waals surface area contributed by atoms with E-state index in [-0.39, 0.29) is 18.0 Å². The number of ether oxygens (including phenoxy) is 1. The van der Waals surface area contributed by atoms with E-state index in [2.05, 4.69) is 17.6 Å². The lowest BCUT2D eigenvalue weighted by molar-refractivity contribution is -0.119. The monoisotopic (exact) mass is 319 g/mol. The number of urea groups is 1. The molecule has 2 rings (SSSR count). The first-order valence-corrected chi connectivity index (χ1v) is 8.00. The van der Waals surface area contributed by atoms with Gasteiger partial charge in [0.05, 0.1) is 13.2 Å². The van der Waals surface area contributed by atoms with Gasteiger partial charge in [-0.25, -0.2) is 4.79 Å². The standard InChI is InChI=1S/C17H25N3O3/c1-4-6-13-10-20(11-16(13)18-12(2)21)17(22)19-14-7-5-8-15(9-14)23-3/h5,7-9,13,16H,4,6,10-11H2,1-3H3,(H,18,21)(H,19,22)/t13-,16-/m1/s1. The summed E-state index contributed by atoms with van der Waals surface area (Å²) in [5.74, 6) is 0.954. The van der Waals surface area contributed by atoms with E-state index in [4.69, 9.17) is 4.74 Å². The smallest absolute Gasteiger partial charge is 0.321 e. The molecule has 1 aliphatic heterocycles. The lowest BCUT2D eigenvalue weighted by Crippen LogP contribution is -2.40. The number of methoxy groups -OCH3 is 1. The molecule has 3 amide bonds. The first-order valence-electron chi connectivity index (χ1n) is 8.00. The molecule has 2 N–H and O–H groups in total. The Morgan fingerprint density at radius 1 is 1.35 bits per heavy atom. The van der Waals surface area contributed by atoms with Gasteiger partial charge in [0.15, 0.2) is 0 Å². The number of likely N-dealkylation sites (tertiary alicyclic amines) is 1. The van der Waals surface area contributed by atoms with Gasteiger partial charge in [0.1, 0.15) is 5.75 Å². The van der Waals surface area contributed by atoms with Gasteiger partial charge in [-0.05, 0) is 24.5 Å². The predicted octanol–water partition coefficient (Wildman–Crippen LogP) is 2.46. The Balaban J connectivity index is 2.00. The number of nitrogens with one attached hydrogen (secondary N) is 2. The molecule has 0 saturated carbocycles. The van der Waals surface area contributed by atoms with Gasteiger partial charge in [-0.2, -0.15) is 0 Å². The number of hydrogen-bond acceptors (Lipinski definition) is 3. The number of rotatable bonds is 5. The van der Waals surface area contributed by atoms with E-state index in [1.54, 1.807) is 18.1 Å². The molecular weight excluding hydrogens is 294 g/mol. The van der Waals surface area contributed by atoms with Gasteiger partial charge in [-0.3, -0.25) is 4.79 Å². The van der Waals surface area contributed by atoms with Gasteiger partial charge in [0.25, 0.3) is 0 Å². The average molecular weight is 319 g/mol. The van der Waals surface area contributed by atoms with Crippen LogP contribution in [0.1, 0.15) is 26.7 Å². The number of nitrogens with zero attached hydrogens (tertiary/aromatic N) is 1. The summed E-state index contributed by atoms with van der Waals surface area (Å²) in [6.07, 6.45) is 2.03. The van der Waals surface area contributed by atoms with Crippen molar-refractivity contribution in [3.8, 4) is 5.75 Å². The molecule has 1 aromatic carbocycles. The van der Waals surface area contributed by atoms with E-state index >= 15 is 0 Å². The summed E-state index contributed by atoms with van der Waals surface area (Å²) in [7, 11) is 1.59. The van der Waals surface area contributed by atoms with Gasteiger partial charge >= 0.3 is 6.03 Å². The SMILES string of the molecule is CCC[C@@H]1CN(C(=O)Nc2cccc(OC)c2)C[C@H]1NC(C)=O. The van der Waals surface area contributed by atoms with Crippen LogP contribution >= 0.6 is 0 Å². The van der Waals surface area contributed by atoms with Crippen LogP contribution in [-0.2, 0) is 4.79 Å². The van der Waals surface area contributed by atoms with Crippen LogP contribution in [0.3, 0.4) is 0 Å². The Labute approximate surface area is 137 Å². The highest BCUT2D eigenvalue weighted by Crippen LogP contribution is 2.23. The third-order valence-corrected chi connectivity index (χ3v) is 4.10. The van der Waals surface area contributed by atoms with Gasteiger partial charge in [0.2, 0.25) is 5.91 Å². The van der Waals surface area contributed by atoms with Crippen LogP contribution in [0.5, 0.6) is 5.75 Å². The quantitative estimate of drug-likeness (QED) is 0.876. The van der Waals surface area contributed by atoms with E-state index in [0.29, 0.717) is 30.4 Å². The number of benzene rings is 1. The number of carbonyl (C=O) groups excluding carboxylic acids is 2. The van der Waals surface area contributed by atoms with Gasteiger partial charge in [0, 0.05) is 31.8 Å². The van der Waals surface area contributed by atoms with Crippen LogP contribution in [0.2, 0.25) is 0 Å². The summed E-state index contributed by atoms with van der Waals surface area (Å²) in [6, 6.07) is 7.15. The summed E-state index contributed by atoms with van der Waals surface area (Å²) in [5.41, 5.74) is 0.698. The van der Waals surface area contributed by atoms with Crippen molar-refractivity contribution in [2.24, 2.45) is 5.92 Å². The maximum atomic E-state index is 12.5. The number of hydrogen-bond donors (Lipinski definition) is 2. The summed E-state index contributed by atoms with van der Waals surface area (Å²) in [6.45, 7) is 4.83. The minimum absolute atomic E-state index is 0.0310. The van der Waals surface area contributed by atoms with Crippen LogP contribution in [0.15, 0.2) is 24.3 Å². The molecule has 0 spiro atoms. The number of anilines is 1. The molecular formula is C17H25N3O3. The van der Waals surface area contributed by atoms with Crippen molar-refractivity contribution >= 4 is 17.6 Å². The molecule has 1 saturated heterocycles. The van der Waals surface area contributed by atoms with Crippen molar-refractivity contribution in [1.29, 1.82) is 0 Å². The lowest BCUT2D eigenvalue weighted by Gasteiger charge is -2.18. The minimum atomic E-state index is -0.146. The summed E-state index contributed by atoms with van der Waals surface area (Å²) >= 11 is 0. The predicted molar refractivity (Wildman–Crippen MR) is 89.6 cm³/mol. The van der Waals surface area contributed by atoms with Crippen molar-refractivity contribution in [2.45, 2.75) is 32.7 Å². The highest BCUT2D eigenvalue weighted by Gasteiger charge is 2.35. The highest BCUT2D eigenvalue weighted by molar-refractivity contribution is 5.89. The lowest BCUT2D eigenvalue weighted by atomic mass is 9.98. The summed E-state index contributed by atoms with van der Waals surface area (Å²) in [4.78, 5) is 25.6. The van der Waals surface area contributed by atoms with Crippen LogP contribution in [0.25, 0.3) is 0 Å². The first kappa shape index (κ1) is 17.1. The van der Waals surface area contributed by atoms with Crippen molar-refractivity contribution in [1.82, 2.24) is 10.2 Å². The topological polar surface area (TPSA) is 70.7 Å². The van der Waals surface area contributed by atoms with Gasteiger partial charge in [-0.1, -0.05) is 19.4 Å². The Bertz CT molecular complexity index is 562. The maximum absolute atomic E-state index is 12.5. The fourth-order valence-electron chi connectivity index (χ4n) is 3.03.